The van der Waals surface area contributed by atoms with E-state index in [1.165, 1.54) is 24.0 Å². The van der Waals surface area contributed by atoms with E-state index in [1.807, 2.05) is 4.90 Å². The van der Waals surface area contributed by atoms with Crippen LogP contribution in [0.1, 0.15) is 50.2 Å². The number of aliphatic imine (C=N–C) groups is 1. The number of nitrogens with zero attached hydrogens (tertiary/aromatic N) is 2. The van der Waals surface area contributed by atoms with Crippen molar-refractivity contribution in [1.82, 2.24) is 15.5 Å². The number of hydrogen-bond acceptors (Lipinski definition) is 3. The van der Waals surface area contributed by atoms with Crippen LogP contribution in [0.15, 0.2) is 29.3 Å². The van der Waals surface area contributed by atoms with Crippen molar-refractivity contribution < 1.29 is 9.53 Å². The molecule has 1 aliphatic carbocycles. The molecular formula is C23H37IN4O2. The summed E-state index contributed by atoms with van der Waals surface area (Å²) in [6.45, 7) is 7.69. The van der Waals surface area contributed by atoms with Gasteiger partial charge in [0.25, 0.3) is 0 Å². The number of fused-ring (bicyclic) bond motifs is 1. The molecule has 0 atom stereocenters. The fourth-order valence-corrected chi connectivity index (χ4v) is 3.55. The van der Waals surface area contributed by atoms with Crippen molar-refractivity contribution in [2.75, 3.05) is 39.4 Å². The molecular weight excluding hydrogens is 491 g/mol. The van der Waals surface area contributed by atoms with Crippen molar-refractivity contribution in [1.29, 1.82) is 0 Å². The summed E-state index contributed by atoms with van der Waals surface area (Å²) in [4.78, 5) is 19.1. The van der Waals surface area contributed by atoms with Crippen LogP contribution in [-0.4, -0.2) is 56.2 Å². The van der Waals surface area contributed by atoms with Crippen molar-refractivity contribution >= 4 is 35.8 Å². The highest BCUT2D eigenvalue weighted by molar-refractivity contribution is 14.0. The summed E-state index contributed by atoms with van der Waals surface area (Å²) in [5.41, 5.74) is 2.66. The van der Waals surface area contributed by atoms with E-state index in [0.717, 1.165) is 70.5 Å². The zero-order valence-corrected chi connectivity index (χ0v) is 20.5. The highest BCUT2D eigenvalue weighted by atomic mass is 127. The average molecular weight is 528 g/mol. The van der Waals surface area contributed by atoms with E-state index in [0.29, 0.717) is 13.0 Å². The van der Waals surface area contributed by atoms with Crippen molar-refractivity contribution in [3.05, 3.63) is 35.4 Å². The summed E-state index contributed by atoms with van der Waals surface area (Å²) in [7, 11) is 0. The highest BCUT2D eigenvalue weighted by Crippen LogP contribution is 2.28. The summed E-state index contributed by atoms with van der Waals surface area (Å²) >= 11 is 0. The van der Waals surface area contributed by atoms with E-state index in [-0.39, 0.29) is 29.9 Å². The lowest BCUT2D eigenvalue weighted by atomic mass is 9.99. The van der Waals surface area contributed by atoms with Crippen molar-refractivity contribution in [2.24, 2.45) is 10.9 Å². The van der Waals surface area contributed by atoms with Crippen LogP contribution in [0.3, 0.4) is 0 Å². The smallest absolute Gasteiger partial charge is 0.222 e. The number of hydrogen-bond donors (Lipinski definition) is 2. The fourth-order valence-electron chi connectivity index (χ4n) is 3.55. The molecule has 0 saturated heterocycles. The summed E-state index contributed by atoms with van der Waals surface area (Å²) in [5, 5.41) is 6.62. The van der Waals surface area contributed by atoms with Gasteiger partial charge in [-0.25, -0.2) is 0 Å². The SMILES string of the molecule is CCNC(=NCCCC(=O)N1CCc2ccccc2C1)NCCCOCC1CC1.I. The first kappa shape index (κ1) is 24.9. The Morgan fingerprint density at radius 1 is 1.20 bits per heavy atom. The molecule has 1 saturated carbocycles. The monoisotopic (exact) mass is 528 g/mol. The maximum absolute atomic E-state index is 12.5. The van der Waals surface area contributed by atoms with Gasteiger partial charge in [-0.1, -0.05) is 24.3 Å². The third-order valence-electron chi connectivity index (χ3n) is 5.45. The van der Waals surface area contributed by atoms with Gasteiger partial charge in [0.05, 0.1) is 0 Å². The van der Waals surface area contributed by atoms with E-state index in [1.54, 1.807) is 0 Å². The minimum atomic E-state index is 0. The molecule has 0 unspecified atom stereocenters. The Hall–Kier alpha value is -1.35. The first-order valence-corrected chi connectivity index (χ1v) is 11.2. The van der Waals surface area contributed by atoms with Crippen LogP contribution in [0.25, 0.3) is 0 Å². The average Bonchev–Trinajstić information content (AvgIpc) is 3.57. The number of carbonyl (C=O) groups is 1. The second-order valence-electron chi connectivity index (χ2n) is 8.00. The minimum Gasteiger partial charge on any atom is -0.381 e. The van der Waals surface area contributed by atoms with Crippen molar-refractivity contribution in [3.63, 3.8) is 0 Å². The molecule has 7 heteroatoms. The Morgan fingerprint density at radius 3 is 2.77 bits per heavy atom. The van der Waals surface area contributed by atoms with E-state index in [4.69, 9.17) is 4.74 Å². The fraction of sp³-hybridized carbons (Fsp3) is 0.652. The molecule has 30 heavy (non-hydrogen) atoms. The van der Waals surface area contributed by atoms with Crippen LogP contribution in [0.5, 0.6) is 0 Å². The Bertz CT molecular complexity index is 679. The van der Waals surface area contributed by atoms with Crippen LogP contribution >= 0.6 is 24.0 Å². The molecule has 1 fully saturated rings. The van der Waals surface area contributed by atoms with Gasteiger partial charge >= 0.3 is 0 Å². The van der Waals surface area contributed by atoms with Gasteiger partial charge in [0, 0.05) is 52.4 Å². The van der Waals surface area contributed by atoms with Gasteiger partial charge in [0.1, 0.15) is 0 Å². The lowest BCUT2D eigenvalue weighted by Crippen LogP contribution is -2.38. The molecule has 0 radical (unpaired) electrons. The Balaban J connectivity index is 0.00000320. The quantitative estimate of drug-likeness (QED) is 0.200. The van der Waals surface area contributed by atoms with Gasteiger partial charge in [-0.15, -0.1) is 24.0 Å². The summed E-state index contributed by atoms with van der Waals surface area (Å²) in [6.07, 6.45) is 5.94. The van der Waals surface area contributed by atoms with E-state index in [2.05, 4.69) is 46.8 Å². The second-order valence-corrected chi connectivity index (χ2v) is 8.00. The molecule has 6 nitrogen and oxygen atoms in total. The molecule has 3 rings (SSSR count). The van der Waals surface area contributed by atoms with Gasteiger partial charge in [-0.2, -0.15) is 0 Å². The number of carbonyl (C=O) groups excluding carboxylic acids is 1. The van der Waals surface area contributed by atoms with Crippen LogP contribution in [-0.2, 0) is 22.5 Å². The van der Waals surface area contributed by atoms with Crippen LogP contribution in [0.4, 0.5) is 0 Å². The number of ether oxygens (including phenoxy) is 1. The van der Waals surface area contributed by atoms with E-state index < -0.39 is 0 Å². The Morgan fingerprint density at radius 2 is 2.00 bits per heavy atom. The van der Waals surface area contributed by atoms with Gasteiger partial charge in [-0.05, 0) is 56.1 Å². The van der Waals surface area contributed by atoms with Gasteiger partial charge < -0.3 is 20.3 Å². The number of rotatable bonds is 11. The summed E-state index contributed by atoms with van der Waals surface area (Å²) in [5.74, 6) is 1.89. The van der Waals surface area contributed by atoms with Gasteiger partial charge in [0.2, 0.25) is 5.91 Å². The summed E-state index contributed by atoms with van der Waals surface area (Å²) in [6, 6.07) is 8.42. The first-order valence-electron chi connectivity index (χ1n) is 11.2. The molecule has 2 N–H and O–H groups in total. The number of benzene rings is 1. The second kappa shape index (κ2) is 13.9. The van der Waals surface area contributed by atoms with Gasteiger partial charge in [-0.3, -0.25) is 9.79 Å². The maximum atomic E-state index is 12.5. The maximum Gasteiger partial charge on any atom is 0.222 e. The topological polar surface area (TPSA) is 66.0 Å². The number of guanidine groups is 1. The standard InChI is InChI=1S/C23H36N4O2.HI/c1-2-24-23(26-14-6-16-29-18-19-10-11-19)25-13-5-9-22(28)27-15-12-20-7-3-4-8-21(20)17-27;/h3-4,7-8,19H,2,5-6,9-18H2,1H3,(H2,24,25,26);1H. The Kier molecular flexibility index (Phi) is 11.5. The third kappa shape index (κ3) is 8.79. The van der Waals surface area contributed by atoms with Crippen LogP contribution in [0.2, 0.25) is 0 Å². The minimum absolute atomic E-state index is 0. The molecule has 2 aliphatic rings. The molecule has 1 amide bonds. The van der Waals surface area contributed by atoms with Crippen molar-refractivity contribution in [2.45, 2.75) is 52.0 Å². The largest absolute Gasteiger partial charge is 0.381 e. The Labute approximate surface area is 198 Å². The molecule has 0 aromatic heterocycles. The molecule has 1 aromatic rings. The van der Waals surface area contributed by atoms with E-state index >= 15 is 0 Å². The van der Waals surface area contributed by atoms with E-state index in [9.17, 15) is 4.79 Å². The van der Waals surface area contributed by atoms with Crippen LogP contribution in [0, 0.1) is 5.92 Å². The predicted molar refractivity (Wildman–Crippen MR) is 132 cm³/mol. The van der Waals surface area contributed by atoms with Crippen LogP contribution < -0.4 is 10.6 Å². The summed E-state index contributed by atoms with van der Waals surface area (Å²) < 4.78 is 5.66. The molecule has 1 heterocycles. The number of amides is 1. The number of nitrogens with one attached hydrogen (secondary N) is 2. The highest BCUT2D eigenvalue weighted by Gasteiger charge is 2.21. The lowest BCUT2D eigenvalue weighted by molar-refractivity contribution is -0.132. The lowest BCUT2D eigenvalue weighted by Gasteiger charge is -2.28. The molecule has 0 bridgehead atoms. The normalized spacial score (nSPS) is 15.9. The third-order valence-corrected chi connectivity index (χ3v) is 5.45. The zero-order valence-electron chi connectivity index (χ0n) is 18.2. The molecule has 0 spiro atoms. The molecule has 168 valence electrons. The number of halogens is 1. The first-order chi connectivity index (χ1) is 14.3. The van der Waals surface area contributed by atoms with Crippen molar-refractivity contribution in [3.8, 4) is 0 Å². The van der Waals surface area contributed by atoms with Gasteiger partial charge in [0.15, 0.2) is 5.96 Å². The molecule has 1 aromatic carbocycles. The predicted octanol–water partition coefficient (Wildman–Crippen LogP) is 3.34. The zero-order chi connectivity index (χ0) is 20.3. The molecule has 1 aliphatic heterocycles.